The number of aryl methyl sites for hydroxylation is 1. The Bertz CT molecular complexity index is 459. The Labute approximate surface area is 92.8 Å². The first kappa shape index (κ1) is 9.20. The molecule has 3 heteroatoms. The van der Waals surface area contributed by atoms with E-state index in [0.717, 1.165) is 12.8 Å². The lowest BCUT2D eigenvalue weighted by Gasteiger charge is -2.09. The first-order chi connectivity index (χ1) is 7.34. The maximum atomic E-state index is 10.4. The molecular weight excluding hydrogens is 206 g/mol. The van der Waals surface area contributed by atoms with Gasteiger partial charge in [-0.1, -0.05) is 12.1 Å². The summed E-state index contributed by atoms with van der Waals surface area (Å²) in [6, 6.07) is 6.52. The molecule has 0 aromatic heterocycles. The minimum absolute atomic E-state index is 0.208. The van der Waals surface area contributed by atoms with E-state index in [0.29, 0.717) is 0 Å². The molecule has 76 valence electrons. The normalized spacial score (nSPS) is 20.5. The largest absolute Gasteiger partial charge is 0.235 e. The number of fused-ring (bicyclic) bond motifs is 1. The Morgan fingerprint density at radius 2 is 2.27 bits per heavy atom. The van der Waals surface area contributed by atoms with Gasteiger partial charge in [0.2, 0.25) is 6.08 Å². The number of isocyanates is 1. The molecule has 0 bridgehead atoms. The predicted molar refractivity (Wildman–Crippen MR) is 59.9 cm³/mol. The molecule has 2 aliphatic rings. The SMILES string of the molecule is O=C=NC1(c2ccc3c(c2)SCC3)CC1. The first-order valence-electron chi connectivity index (χ1n) is 5.19. The van der Waals surface area contributed by atoms with E-state index in [-0.39, 0.29) is 5.54 Å². The Morgan fingerprint density at radius 1 is 1.40 bits per heavy atom. The van der Waals surface area contributed by atoms with Gasteiger partial charge in [0.1, 0.15) is 0 Å². The molecule has 0 atom stereocenters. The summed E-state index contributed by atoms with van der Waals surface area (Å²) in [6.45, 7) is 0. The fraction of sp³-hybridized carbons (Fsp3) is 0.417. The lowest BCUT2D eigenvalue weighted by Crippen LogP contribution is -2.02. The number of thioether (sulfide) groups is 1. The molecule has 1 heterocycles. The van der Waals surface area contributed by atoms with E-state index >= 15 is 0 Å². The molecule has 0 amide bonds. The van der Waals surface area contributed by atoms with Crippen LogP contribution in [0.2, 0.25) is 0 Å². The summed E-state index contributed by atoms with van der Waals surface area (Å²) < 4.78 is 0. The van der Waals surface area contributed by atoms with Crippen LogP contribution in [0.4, 0.5) is 0 Å². The van der Waals surface area contributed by atoms with Crippen molar-refractivity contribution in [1.82, 2.24) is 0 Å². The molecule has 0 spiro atoms. The van der Waals surface area contributed by atoms with Gasteiger partial charge >= 0.3 is 0 Å². The van der Waals surface area contributed by atoms with Crippen LogP contribution < -0.4 is 0 Å². The smallest absolute Gasteiger partial charge is 0.211 e. The van der Waals surface area contributed by atoms with Gasteiger partial charge in [0.05, 0.1) is 5.54 Å². The van der Waals surface area contributed by atoms with Crippen molar-refractivity contribution in [1.29, 1.82) is 0 Å². The quantitative estimate of drug-likeness (QED) is 0.563. The van der Waals surface area contributed by atoms with Crippen molar-refractivity contribution >= 4 is 17.8 Å². The minimum atomic E-state index is -0.208. The highest BCUT2D eigenvalue weighted by atomic mass is 32.2. The number of benzene rings is 1. The summed E-state index contributed by atoms with van der Waals surface area (Å²) in [5.74, 6) is 1.18. The number of rotatable bonds is 2. The van der Waals surface area contributed by atoms with Crippen LogP contribution in [-0.2, 0) is 16.8 Å². The summed E-state index contributed by atoms with van der Waals surface area (Å²) in [6.07, 6.45) is 4.86. The third kappa shape index (κ3) is 1.43. The van der Waals surface area contributed by atoms with Gasteiger partial charge in [0.25, 0.3) is 0 Å². The topological polar surface area (TPSA) is 29.4 Å². The molecule has 0 radical (unpaired) electrons. The maximum Gasteiger partial charge on any atom is 0.235 e. The monoisotopic (exact) mass is 217 g/mol. The Hall–Kier alpha value is -1.05. The van der Waals surface area contributed by atoms with Gasteiger partial charge in [-0.15, -0.1) is 11.8 Å². The fourth-order valence-electron chi connectivity index (χ4n) is 2.13. The van der Waals surface area contributed by atoms with Gasteiger partial charge in [0.15, 0.2) is 0 Å². The fourth-order valence-corrected chi connectivity index (χ4v) is 3.23. The molecule has 1 aliphatic carbocycles. The van der Waals surface area contributed by atoms with Crippen molar-refractivity contribution in [2.24, 2.45) is 4.99 Å². The van der Waals surface area contributed by atoms with Crippen LogP contribution in [0, 0.1) is 0 Å². The average molecular weight is 217 g/mol. The van der Waals surface area contributed by atoms with E-state index < -0.39 is 0 Å². The Kier molecular flexibility index (Phi) is 1.98. The number of nitrogens with zero attached hydrogens (tertiary/aromatic N) is 1. The van der Waals surface area contributed by atoms with Crippen LogP contribution in [-0.4, -0.2) is 11.8 Å². The standard InChI is InChI=1S/C12H11NOS/c14-8-13-12(4-5-12)10-2-1-9-3-6-15-11(9)7-10/h1-2,7H,3-6H2. The van der Waals surface area contributed by atoms with E-state index in [1.54, 1.807) is 6.08 Å². The molecule has 1 aliphatic heterocycles. The molecule has 15 heavy (non-hydrogen) atoms. The molecule has 3 rings (SSSR count). The zero-order chi connectivity index (χ0) is 10.3. The zero-order valence-electron chi connectivity index (χ0n) is 8.32. The van der Waals surface area contributed by atoms with E-state index in [1.807, 2.05) is 11.8 Å². The highest BCUT2D eigenvalue weighted by molar-refractivity contribution is 7.99. The van der Waals surface area contributed by atoms with Crippen molar-refractivity contribution in [2.75, 3.05) is 5.75 Å². The summed E-state index contributed by atoms with van der Waals surface area (Å²) in [4.78, 5) is 15.7. The number of carbonyl (C=O) groups excluding carboxylic acids is 1. The molecular formula is C12H11NOS. The van der Waals surface area contributed by atoms with Gasteiger partial charge in [-0.3, -0.25) is 0 Å². The summed E-state index contributed by atoms with van der Waals surface area (Å²) >= 11 is 1.90. The zero-order valence-corrected chi connectivity index (χ0v) is 9.14. The Balaban J connectivity index is 2.03. The maximum absolute atomic E-state index is 10.4. The van der Waals surface area contributed by atoms with Gasteiger partial charge in [-0.25, -0.2) is 4.79 Å². The lowest BCUT2D eigenvalue weighted by molar-refractivity contribution is 0.556. The van der Waals surface area contributed by atoms with Crippen LogP contribution in [0.1, 0.15) is 24.0 Å². The summed E-state index contributed by atoms with van der Waals surface area (Å²) in [5, 5.41) is 0. The van der Waals surface area contributed by atoms with Gasteiger partial charge in [-0.05, 0) is 36.5 Å². The molecule has 2 nitrogen and oxygen atoms in total. The Morgan fingerprint density at radius 3 is 3.00 bits per heavy atom. The minimum Gasteiger partial charge on any atom is -0.211 e. The second-order valence-corrected chi connectivity index (χ2v) is 5.29. The highest BCUT2D eigenvalue weighted by Crippen LogP contribution is 2.50. The second-order valence-electron chi connectivity index (χ2n) is 4.16. The van der Waals surface area contributed by atoms with Crippen LogP contribution in [0.15, 0.2) is 28.1 Å². The molecule has 0 N–H and O–H groups in total. The molecule has 0 unspecified atom stereocenters. The van der Waals surface area contributed by atoms with Gasteiger partial charge in [-0.2, -0.15) is 4.99 Å². The van der Waals surface area contributed by atoms with E-state index in [9.17, 15) is 4.79 Å². The average Bonchev–Trinajstić information content (AvgIpc) is 2.89. The van der Waals surface area contributed by atoms with Crippen molar-refractivity contribution in [3.8, 4) is 0 Å². The molecule has 0 saturated heterocycles. The van der Waals surface area contributed by atoms with Crippen LogP contribution in [0.3, 0.4) is 0 Å². The first-order valence-corrected chi connectivity index (χ1v) is 6.18. The van der Waals surface area contributed by atoms with E-state index in [1.165, 1.54) is 28.2 Å². The molecule has 1 aromatic rings. The molecule has 1 saturated carbocycles. The van der Waals surface area contributed by atoms with Crippen LogP contribution in [0.5, 0.6) is 0 Å². The summed E-state index contributed by atoms with van der Waals surface area (Å²) in [5.41, 5.74) is 2.42. The molecule has 1 aromatic carbocycles. The number of aliphatic imine (C=N–C) groups is 1. The van der Waals surface area contributed by atoms with Crippen molar-refractivity contribution in [3.63, 3.8) is 0 Å². The van der Waals surface area contributed by atoms with Crippen molar-refractivity contribution in [2.45, 2.75) is 29.7 Å². The predicted octanol–water partition coefficient (Wildman–Crippen LogP) is 2.66. The molecule has 1 fully saturated rings. The van der Waals surface area contributed by atoms with Crippen LogP contribution >= 0.6 is 11.8 Å². The van der Waals surface area contributed by atoms with Gasteiger partial charge < -0.3 is 0 Å². The summed E-state index contributed by atoms with van der Waals surface area (Å²) in [7, 11) is 0. The lowest BCUT2D eigenvalue weighted by atomic mass is 10.0. The highest BCUT2D eigenvalue weighted by Gasteiger charge is 2.45. The van der Waals surface area contributed by atoms with Crippen molar-refractivity contribution in [3.05, 3.63) is 29.3 Å². The second kappa shape index (κ2) is 3.22. The van der Waals surface area contributed by atoms with Crippen LogP contribution in [0.25, 0.3) is 0 Å². The van der Waals surface area contributed by atoms with Gasteiger partial charge in [0, 0.05) is 10.6 Å². The van der Waals surface area contributed by atoms with E-state index in [2.05, 4.69) is 23.2 Å². The van der Waals surface area contributed by atoms with E-state index in [4.69, 9.17) is 0 Å². The third-order valence-electron chi connectivity index (χ3n) is 3.22. The number of hydrogen-bond donors (Lipinski definition) is 0. The third-order valence-corrected chi connectivity index (χ3v) is 4.32. The van der Waals surface area contributed by atoms with Crippen molar-refractivity contribution < 1.29 is 4.79 Å². The number of hydrogen-bond acceptors (Lipinski definition) is 3.